The Morgan fingerprint density at radius 2 is 1.23 bits per heavy atom. The summed E-state index contributed by atoms with van der Waals surface area (Å²) < 4.78 is 4.97. The molecule has 0 amide bonds. The highest BCUT2D eigenvalue weighted by molar-refractivity contribution is 7.24. The third kappa shape index (κ3) is 3.98. The Labute approximate surface area is 258 Å². The van der Waals surface area contributed by atoms with Gasteiger partial charge in [-0.15, -0.1) is 11.3 Å². The van der Waals surface area contributed by atoms with Crippen LogP contribution in [0.1, 0.15) is 22.9 Å². The fourth-order valence-electron chi connectivity index (χ4n) is 6.47. The molecule has 1 aliphatic rings. The number of hydrogen-bond acceptors (Lipinski definition) is 4. The molecule has 0 saturated heterocycles. The van der Waals surface area contributed by atoms with Crippen LogP contribution in [0.4, 0.5) is 0 Å². The van der Waals surface area contributed by atoms with Gasteiger partial charge in [-0.2, -0.15) is 0 Å². The minimum atomic E-state index is -0.240. The molecule has 2 aromatic heterocycles. The molecule has 0 radical (unpaired) electrons. The molecule has 0 aliphatic carbocycles. The number of hydrogen-bond donors (Lipinski definition) is 1. The molecule has 1 aliphatic heterocycles. The Morgan fingerprint density at radius 3 is 2.09 bits per heavy atom. The summed E-state index contributed by atoms with van der Waals surface area (Å²) >= 11 is 1.86. The van der Waals surface area contributed by atoms with Crippen molar-refractivity contribution >= 4 is 65.0 Å². The number of aliphatic imine (C=N–C) groups is 2. The molecular weight excluding hydrogens is 557 g/mol. The first-order chi connectivity index (χ1) is 21.8. The Morgan fingerprint density at radius 1 is 0.568 bits per heavy atom. The molecule has 44 heavy (non-hydrogen) atoms. The zero-order valence-corrected chi connectivity index (χ0v) is 24.5. The van der Waals surface area contributed by atoms with E-state index in [-0.39, 0.29) is 6.17 Å². The van der Waals surface area contributed by atoms with Crippen LogP contribution < -0.4 is 5.32 Å². The first-order valence-electron chi connectivity index (χ1n) is 14.8. The van der Waals surface area contributed by atoms with E-state index in [9.17, 15) is 0 Å². The van der Waals surface area contributed by atoms with Crippen molar-refractivity contribution in [3.8, 4) is 5.69 Å². The van der Waals surface area contributed by atoms with Crippen molar-refractivity contribution in [3.05, 3.63) is 162 Å². The molecule has 0 saturated carbocycles. The lowest BCUT2D eigenvalue weighted by molar-refractivity contribution is 0.674. The molecule has 1 atom stereocenters. The van der Waals surface area contributed by atoms with Gasteiger partial charge in [0.2, 0.25) is 0 Å². The van der Waals surface area contributed by atoms with Crippen LogP contribution in [0.5, 0.6) is 0 Å². The highest BCUT2D eigenvalue weighted by atomic mass is 32.1. The molecule has 0 bridgehead atoms. The van der Waals surface area contributed by atoms with Gasteiger partial charge in [-0.25, -0.2) is 9.98 Å². The van der Waals surface area contributed by atoms with Crippen LogP contribution in [0.25, 0.3) is 47.7 Å². The van der Waals surface area contributed by atoms with E-state index in [1.807, 2.05) is 35.6 Å². The smallest absolute Gasteiger partial charge is 0.159 e. The molecule has 9 rings (SSSR count). The molecule has 208 valence electrons. The van der Waals surface area contributed by atoms with Gasteiger partial charge in [0.25, 0.3) is 0 Å². The summed E-state index contributed by atoms with van der Waals surface area (Å²) in [5.74, 6) is 1.53. The summed E-state index contributed by atoms with van der Waals surface area (Å²) in [6.07, 6.45) is -0.240. The maximum absolute atomic E-state index is 5.13. The summed E-state index contributed by atoms with van der Waals surface area (Å²) in [4.78, 5) is 10.2. The summed E-state index contributed by atoms with van der Waals surface area (Å²) in [7, 11) is 0. The molecule has 6 aromatic carbocycles. The summed E-state index contributed by atoms with van der Waals surface area (Å²) in [6, 6.07) is 51.4. The predicted octanol–water partition coefficient (Wildman–Crippen LogP) is 9.65. The third-order valence-electron chi connectivity index (χ3n) is 8.44. The first-order valence-corrected chi connectivity index (χ1v) is 15.6. The standard InChI is InChI=1S/C39H26N4S/c1-3-12-25(13-4-1)37-40-38(26-14-5-2-6-15-26)42-39(41-37)27-16-9-17-28(24-27)43-31-20-10-19-30-29-18-7-8-22-33(29)44-34-23-11-21-32(43)36(34)35(30)31/h1-24,37H,(H,40,41,42). The first kappa shape index (κ1) is 25.0. The van der Waals surface area contributed by atoms with Gasteiger partial charge in [0, 0.05) is 37.0 Å². The highest BCUT2D eigenvalue weighted by Gasteiger charge is 2.22. The van der Waals surface area contributed by atoms with Crippen LogP contribution in [-0.4, -0.2) is 16.2 Å². The van der Waals surface area contributed by atoms with E-state index in [1.165, 1.54) is 42.0 Å². The highest BCUT2D eigenvalue weighted by Crippen LogP contribution is 2.42. The minimum Gasteiger partial charge on any atom is -0.344 e. The Bertz CT molecular complexity index is 2420. The number of fused-ring (bicyclic) bond motifs is 2. The van der Waals surface area contributed by atoms with Crippen LogP contribution in [0.3, 0.4) is 0 Å². The molecule has 1 N–H and O–H groups in total. The lowest BCUT2D eigenvalue weighted by atomic mass is 10.1. The van der Waals surface area contributed by atoms with Crippen molar-refractivity contribution in [3.63, 3.8) is 0 Å². The second-order valence-corrected chi connectivity index (χ2v) is 12.2. The number of aromatic nitrogens is 1. The van der Waals surface area contributed by atoms with E-state index in [1.54, 1.807) is 0 Å². The van der Waals surface area contributed by atoms with Crippen LogP contribution in [0, 0.1) is 0 Å². The zero-order chi connectivity index (χ0) is 29.0. The van der Waals surface area contributed by atoms with E-state index in [0.717, 1.165) is 28.2 Å². The molecule has 5 heteroatoms. The molecule has 4 nitrogen and oxygen atoms in total. The average molecular weight is 583 g/mol. The number of benzene rings is 6. The maximum Gasteiger partial charge on any atom is 0.159 e. The lowest BCUT2D eigenvalue weighted by Crippen LogP contribution is -2.33. The van der Waals surface area contributed by atoms with Crippen LogP contribution in [0.2, 0.25) is 0 Å². The Balaban J connectivity index is 1.26. The molecule has 0 spiro atoms. The minimum absolute atomic E-state index is 0.240. The molecule has 0 fully saturated rings. The van der Waals surface area contributed by atoms with E-state index in [4.69, 9.17) is 9.98 Å². The van der Waals surface area contributed by atoms with Crippen LogP contribution in [0.15, 0.2) is 156 Å². The van der Waals surface area contributed by atoms with Gasteiger partial charge >= 0.3 is 0 Å². The van der Waals surface area contributed by atoms with E-state index < -0.39 is 0 Å². The maximum atomic E-state index is 5.13. The summed E-state index contributed by atoms with van der Waals surface area (Å²) in [6.45, 7) is 0. The SMILES string of the molecule is c1ccc(C2=NC(c3cccc(-n4c5cccc6sc7ccccc7c7cccc4c7c65)c3)=NC(c3ccccc3)N2)cc1. The van der Waals surface area contributed by atoms with Crippen LogP contribution in [-0.2, 0) is 0 Å². The van der Waals surface area contributed by atoms with Crippen LogP contribution >= 0.6 is 11.3 Å². The fourth-order valence-corrected chi connectivity index (χ4v) is 7.60. The molecule has 1 unspecified atom stereocenters. The second kappa shape index (κ2) is 10.0. The third-order valence-corrected chi connectivity index (χ3v) is 9.58. The van der Waals surface area contributed by atoms with Crippen molar-refractivity contribution in [2.75, 3.05) is 0 Å². The predicted molar refractivity (Wildman–Crippen MR) is 186 cm³/mol. The second-order valence-electron chi connectivity index (χ2n) is 11.1. The van der Waals surface area contributed by atoms with Crippen molar-refractivity contribution < 1.29 is 0 Å². The van der Waals surface area contributed by atoms with Gasteiger partial charge in [0.15, 0.2) is 5.84 Å². The molecular formula is C39H26N4S. The van der Waals surface area contributed by atoms with E-state index in [2.05, 4.69) is 131 Å². The van der Waals surface area contributed by atoms with Gasteiger partial charge in [-0.1, -0.05) is 109 Å². The summed E-state index contributed by atoms with van der Waals surface area (Å²) in [5.41, 5.74) is 6.59. The van der Waals surface area contributed by atoms with Crippen molar-refractivity contribution in [1.82, 2.24) is 9.88 Å². The number of rotatable bonds is 4. The monoisotopic (exact) mass is 582 g/mol. The van der Waals surface area contributed by atoms with Gasteiger partial charge in [0.05, 0.1) is 11.0 Å². The Hall–Kier alpha value is -5.52. The topological polar surface area (TPSA) is 41.7 Å². The van der Waals surface area contributed by atoms with E-state index >= 15 is 0 Å². The number of amidine groups is 2. The fraction of sp³-hybridized carbons (Fsp3) is 0.0256. The number of nitrogens with zero attached hydrogens (tertiary/aromatic N) is 3. The van der Waals surface area contributed by atoms with Gasteiger partial charge in [-0.05, 0) is 52.7 Å². The molecule has 8 aromatic rings. The number of nitrogens with one attached hydrogen (secondary N) is 1. The molecule has 3 heterocycles. The zero-order valence-electron chi connectivity index (χ0n) is 23.7. The normalized spacial score (nSPS) is 15.0. The Kier molecular flexibility index (Phi) is 5.71. The van der Waals surface area contributed by atoms with Crippen molar-refractivity contribution in [2.24, 2.45) is 9.98 Å². The van der Waals surface area contributed by atoms with Gasteiger partial charge in [-0.3, -0.25) is 0 Å². The van der Waals surface area contributed by atoms with Crippen molar-refractivity contribution in [1.29, 1.82) is 0 Å². The van der Waals surface area contributed by atoms with Gasteiger partial charge in [0.1, 0.15) is 12.0 Å². The van der Waals surface area contributed by atoms with Gasteiger partial charge < -0.3 is 9.88 Å². The summed E-state index contributed by atoms with van der Waals surface area (Å²) in [5, 5.41) is 8.73. The lowest BCUT2D eigenvalue weighted by Gasteiger charge is -2.23. The van der Waals surface area contributed by atoms with Crippen molar-refractivity contribution in [2.45, 2.75) is 6.17 Å². The average Bonchev–Trinajstić information content (AvgIpc) is 3.36. The quantitative estimate of drug-likeness (QED) is 0.221. The van der Waals surface area contributed by atoms with E-state index in [0.29, 0.717) is 5.84 Å². The largest absolute Gasteiger partial charge is 0.344 e.